The topological polar surface area (TPSA) is 25.4 Å². The quantitative estimate of drug-likeness (QED) is 0.823. The molecule has 2 aliphatic heterocycles. The van der Waals surface area contributed by atoms with E-state index in [9.17, 15) is 0 Å². The molecule has 3 nitrogen and oxygen atoms in total. The van der Waals surface area contributed by atoms with Gasteiger partial charge >= 0.3 is 0 Å². The van der Waals surface area contributed by atoms with Gasteiger partial charge in [-0.1, -0.05) is 6.92 Å². The van der Waals surface area contributed by atoms with Gasteiger partial charge in [0.05, 0.1) is 11.6 Å². The van der Waals surface area contributed by atoms with Crippen molar-refractivity contribution in [3.63, 3.8) is 0 Å². The molecule has 2 fully saturated rings. The minimum atomic E-state index is 0.300. The minimum absolute atomic E-state index is 0.300. The molecule has 2 saturated heterocycles. The summed E-state index contributed by atoms with van der Waals surface area (Å²) in [4.78, 5) is 8.56. The van der Waals surface area contributed by atoms with Crippen molar-refractivity contribution in [1.29, 1.82) is 0 Å². The number of hydrogen-bond acceptors (Lipinski definition) is 4. The van der Waals surface area contributed by atoms with E-state index >= 15 is 0 Å². The minimum Gasteiger partial charge on any atom is -0.380 e. The molecule has 3 rings (SSSR count). The van der Waals surface area contributed by atoms with Gasteiger partial charge in [0.2, 0.25) is 0 Å². The zero-order chi connectivity index (χ0) is 12.6. The highest BCUT2D eigenvalue weighted by molar-refractivity contribution is 7.11. The SMILES string of the molecule is Cc1cnc(C2(C)CCN(C3CCOC3)CC2)s1. The van der Waals surface area contributed by atoms with Gasteiger partial charge in [-0.05, 0) is 39.3 Å². The maximum Gasteiger partial charge on any atom is 0.0987 e. The van der Waals surface area contributed by atoms with E-state index in [-0.39, 0.29) is 0 Å². The number of ether oxygens (including phenoxy) is 1. The summed E-state index contributed by atoms with van der Waals surface area (Å²) < 4.78 is 5.50. The molecule has 1 aromatic rings. The molecule has 1 atom stereocenters. The number of aromatic nitrogens is 1. The van der Waals surface area contributed by atoms with Crippen molar-refractivity contribution in [2.45, 2.75) is 44.6 Å². The number of piperidine rings is 1. The Balaban J connectivity index is 1.65. The highest BCUT2D eigenvalue weighted by atomic mass is 32.1. The summed E-state index contributed by atoms with van der Waals surface area (Å²) in [6.07, 6.45) is 5.70. The molecule has 0 bridgehead atoms. The first-order valence-corrected chi connectivity index (χ1v) is 7.74. The van der Waals surface area contributed by atoms with Crippen LogP contribution in [0.3, 0.4) is 0 Å². The largest absolute Gasteiger partial charge is 0.380 e. The number of likely N-dealkylation sites (tertiary alicyclic amines) is 1. The lowest BCUT2D eigenvalue weighted by Crippen LogP contribution is -2.46. The van der Waals surface area contributed by atoms with Crippen molar-refractivity contribution in [2.24, 2.45) is 0 Å². The van der Waals surface area contributed by atoms with Gasteiger partial charge in [-0.3, -0.25) is 4.90 Å². The zero-order valence-corrected chi connectivity index (χ0v) is 12.1. The summed E-state index contributed by atoms with van der Waals surface area (Å²) in [5.74, 6) is 0. The predicted molar refractivity (Wildman–Crippen MR) is 74.2 cm³/mol. The second-order valence-corrected chi connectivity index (χ2v) is 7.12. The maximum absolute atomic E-state index is 5.50. The van der Waals surface area contributed by atoms with E-state index in [1.807, 2.05) is 17.5 Å². The Labute approximate surface area is 113 Å². The fourth-order valence-corrected chi connectivity index (χ4v) is 4.01. The molecule has 2 aliphatic rings. The Morgan fingerprint density at radius 3 is 2.78 bits per heavy atom. The molecular formula is C14H22N2OS. The van der Waals surface area contributed by atoms with Crippen LogP contribution in [-0.4, -0.2) is 42.2 Å². The van der Waals surface area contributed by atoms with Crippen LogP contribution in [0, 0.1) is 6.92 Å². The molecule has 0 radical (unpaired) electrons. The molecule has 0 aromatic carbocycles. The maximum atomic E-state index is 5.50. The number of thiazole rings is 1. The van der Waals surface area contributed by atoms with Crippen LogP contribution in [0.1, 0.15) is 36.1 Å². The van der Waals surface area contributed by atoms with E-state index in [0.29, 0.717) is 11.5 Å². The van der Waals surface area contributed by atoms with E-state index in [1.54, 1.807) is 0 Å². The molecule has 18 heavy (non-hydrogen) atoms. The van der Waals surface area contributed by atoms with Crippen molar-refractivity contribution in [3.8, 4) is 0 Å². The van der Waals surface area contributed by atoms with Crippen LogP contribution in [0.2, 0.25) is 0 Å². The normalized spacial score (nSPS) is 28.7. The molecular weight excluding hydrogens is 244 g/mol. The van der Waals surface area contributed by atoms with Crippen LogP contribution in [0.25, 0.3) is 0 Å². The molecule has 1 unspecified atom stereocenters. The molecule has 0 saturated carbocycles. The van der Waals surface area contributed by atoms with Crippen LogP contribution >= 0.6 is 11.3 Å². The molecule has 0 spiro atoms. The van der Waals surface area contributed by atoms with Crippen molar-refractivity contribution in [3.05, 3.63) is 16.1 Å². The van der Waals surface area contributed by atoms with E-state index < -0.39 is 0 Å². The lowest BCUT2D eigenvalue weighted by Gasteiger charge is -2.40. The van der Waals surface area contributed by atoms with Gasteiger partial charge in [-0.15, -0.1) is 11.3 Å². The summed E-state index contributed by atoms with van der Waals surface area (Å²) in [7, 11) is 0. The fraction of sp³-hybridized carbons (Fsp3) is 0.786. The average molecular weight is 266 g/mol. The second-order valence-electron chi connectivity index (χ2n) is 5.89. The standard InChI is InChI=1S/C14H22N2OS/c1-11-9-15-13(18-11)14(2)4-6-16(7-5-14)12-3-8-17-10-12/h9,12H,3-8,10H2,1-2H3. The lowest BCUT2D eigenvalue weighted by atomic mass is 9.80. The summed E-state index contributed by atoms with van der Waals surface area (Å²) in [6, 6.07) is 0.674. The van der Waals surface area contributed by atoms with Crippen molar-refractivity contribution in [2.75, 3.05) is 26.3 Å². The monoisotopic (exact) mass is 266 g/mol. The number of rotatable bonds is 2. The Bertz CT molecular complexity index is 404. The molecule has 0 N–H and O–H groups in total. The van der Waals surface area contributed by atoms with Crippen molar-refractivity contribution < 1.29 is 4.74 Å². The third-order valence-electron chi connectivity index (χ3n) is 4.46. The van der Waals surface area contributed by atoms with Crippen molar-refractivity contribution >= 4 is 11.3 Å². The van der Waals surface area contributed by atoms with E-state index in [1.165, 1.54) is 42.2 Å². The van der Waals surface area contributed by atoms with E-state index in [4.69, 9.17) is 4.74 Å². The van der Waals surface area contributed by atoms with Gasteiger partial charge in [0.25, 0.3) is 0 Å². The Hall–Kier alpha value is -0.450. The van der Waals surface area contributed by atoms with Gasteiger partial charge in [-0.2, -0.15) is 0 Å². The molecule has 1 aromatic heterocycles. The Morgan fingerprint density at radius 2 is 2.22 bits per heavy atom. The Kier molecular flexibility index (Phi) is 3.43. The average Bonchev–Trinajstić information content (AvgIpc) is 3.01. The number of hydrogen-bond donors (Lipinski definition) is 0. The van der Waals surface area contributed by atoms with Crippen LogP contribution in [0.15, 0.2) is 6.20 Å². The molecule has 0 aliphatic carbocycles. The first-order chi connectivity index (χ1) is 8.67. The summed E-state index contributed by atoms with van der Waals surface area (Å²) >= 11 is 1.87. The van der Waals surface area contributed by atoms with Crippen molar-refractivity contribution in [1.82, 2.24) is 9.88 Å². The molecule has 100 valence electrons. The molecule has 0 amide bonds. The van der Waals surface area contributed by atoms with Gasteiger partial charge in [0.15, 0.2) is 0 Å². The third-order valence-corrected chi connectivity index (χ3v) is 5.68. The van der Waals surface area contributed by atoms with Gasteiger partial charge < -0.3 is 4.74 Å². The van der Waals surface area contributed by atoms with Gasteiger partial charge in [0.1, 0.15) is 0 Å². The smallest absolute Gasteiger partial charge is 0.0987 e. The highest BCUT2D eigenvalue weighted by Crippen LogP contribution is 2.37. The van der Waals surface area contributed by atoms with E-state index in [0.717, 1.165) is 13.2 Å². The van der Waals surface area contributed by atoms with Gasteiger partial charge in [0, 0.05) is 29.1 Å². The number of aryl methyl sites for hydroxylation is 1. The molecule has 3 heterocycles. The van der Waals surface area contributed by atoms with Gasteiger partial charge in [-0.25, -0.2) is 4.98 Å². The Morgan fingerprint density at radius 1 is 1.44 bits per heavy atom. The lowest BCUT2D eigenvalue weighted by molar-refractivity contribution is 0.102. The van der Waals surface area contributed by atoms with E-state index in [2.05, 4.69) is 23.7 Å². The van der Waals surface area contributed by atoms with Crippen LogP contribution < -0.4 is 0 Å². The summed E-state index contributed by atoms with van der Waals surface area (Å²) in [5.41, 5.74) is 0.300. The van der Waals surface area contributed by atoms with Crippen LogP contribution in [0.4, 0.5) is 0 Å². The second kappa shape index (κ2) is 4.91. The highest BCUT2D eigenvalue weighted by Gasteiger charge is 2.36. The van der Waals surface area contributed by atoms with Crippen LogP contribution in [0.5, 0.6) is 0 Å². The first kappa shape index (κ1) is 12.6. The fourth-order valence-electron chi connectivity index (χ4n) is 3.04. The number of nitrogens with zero attached hydrogens (tertiary/aromatic N) is 2. The first-order valence-electron chi connectivity index (χ1n) is 6.92. The molecule has 4 heteroatoms. The van der Waals surface area contributed by atoms with Crippen LogP contribution in [-0.2, 0) is 10.2 Å². The third kappa shape index (κ3) is 2.33. The predicted octanol–water partition coefficient (Wildman–Crippen LogP) is 2.59. The summed E-state index contributed by atoms with van der Waals surface area (Å²) in [6.45, 7) is 8.81. The summed E-state index contributed by atoms with van der Waals surface area (Å²) in [5, 5.41) is 1.34. The zero-order valence-electron chi connectivity index (χ0n) is 11.3.